The van der Waals surface area contributed by atoms with Crippen LogP contribution in [-0.2, 0) is 10.4 Å². The number of nitrogens with one attached hydrogen (secondary N) is 1. The molecule has 3 nitrogen and oxygen atoms in total. The average molecular weight is 367 g/mol. The molecular formula is C23H26FNO2. The Morgan fingerprint density at radius 3 is 2.74 bits per heavy atom. The van der Waals surface area contributed by atoms with Crippen molar-refractivity contribution in [3.8, 4) is 17.6 Å². The Morgan fingerprint density at radius 2 is 1.96 bits per heavy atom. The van der Waals surface area contributed by atoms with Crippen molar-refractivity contribution in [3.05, 3.63) is 65.2 Å². The summed E-state index contributed by atoms with van der Waals surface area (Å²) in [5, 5.41) is 3.39. The molecule has 1 unspecified atom stereocenters. The number of hydrogen-bond acceptors (Lipinski definition) is 3. The highest BCUT2D eigenvalue weighted by Crippen LogP contribution is 2.36. The van der Waals surface area contributed by atoms with E-state index >= 15 is 4.39 Å². The van der Waals surface area contributed by atoms with Crippen LogP contribution in [0.1, 0.15) is 42.5 Å². The normalized spacial score (nSPS) is 16.9. The lowest BCUT2D eigenvalue weighted by atomic mass is 9.87. The maximum Gasteiger partial charge on any atom is 0.140 e. The van der Waals surface area contributed by atoms with Crippen molar-refractivity contribution in [2.45, 2.75) is 31.5 Å². The molecule has 1 fully saturated rings. The van der Waals surface area contributed by atoms with E-state index in [-0.39, 0.29) is 6.04 Å². The first-order valence-corrected chi connectivity index (χ1v) is 9.34. The van der Waals surface area contributed by atoms with Crippen LogP contribution >= 0.6 is 0 Å². The SMILES string of the molecule is COc1cccc(C(C)NCC#Cc2cccc(C3(F)CCOCC3)c2)c1. The molecule has 0 spiro atoms. The monoisotopic (exact) mass is 367 g/mol. The molecule has 1 aliphatic rings. The summed E-state index contributed by atoms with van der Waals surface area (Å²) in [6.45, 7) is 3.59. The van der Waals surface area contributed by atoms with E-state index in [9.17, 15) is 0 Å². The Hall–Kier alpha value is -2.35. The van der Waals surface area contributed by atoms with E-state index in [4.69, 9.17) is 9.47 Å². The third-order valence-electron chi connectivity index (χ3n) is 4.99. The van der Waals surface area contributed by atoms with Gasteiger partial charge >= 0.3 is 0 Å². The van der Waals surface area contributed by atoms with Crippen LogP contribution in [0.25, 0.3) is 0 Å². The Balaban J connectivity index is 1.60. The zero-order valence-corrected chi connectivity index (χ0v) is 15.9. The molecule has 1 aliphatic heterocycles. The lowest BCUT2D eigenvalue weighted by Crippen LogP contribution is -2.29. The van der Waals surface area contributed by atoms with Gasteiger partial charge in [0.2, 0.25) is 0 Å². The second-order valence-electron chi connectivity index (χ2n) is 6.84. The van der Waals surface area contributed by atoms with Gasteiger partial charge in [0.15, 0.2) is 0 Å². The summed E-state index contributed by atoms with van der Waals surface area (Å²) in [7, 11) is 1.67. The number of alkyl halides is 1. The van der Waals surface area contributed by atoms with Gasteiger partial charge in [-0.3, -0.25) is 5.32 Å². The highest BCUT2D eigenvalue weighted by Gasteiger charge is 2.34. The van der Waals surface area contributed by atoms with Crippen molar-refractivity contribution in [1.29, 1.82) is 0 Å². The molecule has 2 aromatic carbocycles. The highest BCUT2D eigenvalue weighted by atomic mass is 19.1. The Kier molecular flexibility index (Phi) is 6.49. The van der Waals surface area contributed by atoms with Gasteiger partial charge in [0.25, 0.3) is 0 Å². The van der Waals surface area contributed by atoms with Crippen molar-refractivity contribution in [3.63, 3.8) is 0 Å². The number of benzene rings is 2. The second kappa shape index (κ2) is 9.03. The molecule has 1 atom stereocenters. The fraction of sp³-hybridized carbons (Fsp3) is 0.391. The standard InChI is InChI=1S/C23H26FNO2/c1-18(20-8-4-10-22(17-20)26-2)25-13-5-7-19-6-3-9-21(16-19)23(24)11-14-27-15-12-23/h3-4,6,8-10,16-18,25H,11-15H2,1-2H3. The predicted octanol–water partition coefficient (Wildman–Crippen LogP) is 4.37. The minimum atomic E-state index is -1.30. The molecule has 0 aromatic heterocycles. The lowest BCUT2D eigenvalue weighted by Gasteiger charge is -2.30. The zero-order chi connectivity index (χ0) is 19.1. The van der Waals surface area contributed by atoms with E-state index in [1.807, 2.05) is 42.5 Å². The van der Waals surface area contributed by atoms with E-state index in [0.29, 0.717) is 38.2 Å². The van der Waals surface area contributed by atoms with E-state index in [1.165, 1.54) is 0 Å². The van der Waals surface area contributed by atoms with E-state index in [2.05, 4.69) is 30.1 Å². The fourth-order valence-electron chi connectivity index (χ4n) is 3.24. The molecule has 0 saturated carbocycles. The molecule has 0 bridgehead atoms. The lowest BCUT2D eigenvalue weighted by molar-refractivity contribution is -0.0115. The van der Waals surface area contributed by atoms with Crippen LogP contribution in [0.3, 0.4) is 0 Å². The van der Waals surface area contributed by atoms with Crippen molar-refractivity contribution < 1.29 is 13.9 Å². The minimum absolute atomic E-state index is 0.164. The summed E-state index contributed by atoms with van der Waals surface area (Å²) < 4.78 is 25.6. The van der Waals surface area contributed by atoms with Gasteiger partial charge in [-0.25, -0.2) is 4.39 Å². The van der Waals surface area contributed by atoms with E-state index in [1.54, 1.807) is 7.11 Å². The van der Waals surface area contributed by atoms with Gasteiger partial charge < -0.3 is 9.47 Å². The number of rotatable bonds is 5. The van der Waals surface area contributed by atoms with Gasteiger partial charge in [-0.2, -0.15) is 0 Å². The molecule has 2 aromatic rings. The largest absolute Gasteiger partial charge is 0.497 e. The maximum absolute atomic E-state index is 15.1. The summed E-state index contributed by atoms with van der Waals surface area (Å²) in [4.78, 5) is 0. The van der Waals surface area contributed by atoms with Crippen LogP contribution in [0.4, 0.5) is 4.39 Å². The van der Waals surface area contributed by atoms with Gasteiger partial charge in [-0.1, -0.05) is 36.1 Å². The summed E-state index contributed by atoms with van der Waals surface area (Å²) in [6, 6.07) is 15.7. The highest BCUT2D eigenvalue weighted by molar-refractivity contribution is 5.39. The van der Waals surface area contributed by atoms with Crippen LogP contribution < -0.4 is 10.1 Å². The summed E-state index contributed by atoms with van der Waals surface area (Å²) in [6.07, 6.45) is 0.812. The molecule has 3 rings (SSSR count). The number of hydrogen-bond donors (Lipinski definition) is 1. The molecule has 1 N–H and O–H groups in total. The van der Waals surface area contributed by atoms with Gasteiger partial charge in [-0.15, -0.1) is 0 Å². The number of methoxy groups -OCH3 is 1. The van der Waals surface area contributed by atoms with Crippen LogP contribution in [0, 0.1) is 11.8 Å². The van der Waals surface area contributed by atoms with Gasteiger partial charge in [0.1, 0.15) is 11.4 Å². The number of halogens is 1. The maximum atomic E-state index is 15.1. The first-order chi connectivity index (χ1) is 13.1. The molecule has 1 heterocycles. The number of ether oxygens (including phenoxy) is 2. The van der Waals surface area contributed by atoms with Crippen molar-refractivity contribution >= 4 is 0 Å². The average Bonchev–Trinajstić information content (AvgIpc) is 2.72. The first kappa shape index (κ1) is 19.4. The second-order valence-corrected chi connectivity index (χ2v) is 6.84. The Morgan fingerprint density at radius 1 is 1.19 bits per heavy atom. The first-order valence-electron chi connectivity index (χ1n) is 9.34. The molecule has 1 saturated heterocycles. The van der Waals surface area contributed by atoms with Crippen molar-refractivity contribution in [1.82, 2.24) is 5.32 Å². The van der Waals surface area contributed by atoms with E-state index < -0.39 is 5.67 Å². The summed E-state index contributed by atoms with van der Waals surface area (Å²) in [5.74, 6) is 7.11. The summed E-state index contributed by atoms with van der Waals surface area (Å²) >= 11 is 0. The third-order valence-corrected chi connectivity index (χ3v) is 4.99. The van der Waals surface area contributed by atoms with Crippen LogP contribution in [0.5, 0.6) is 5.75 Å². The fourth-order valence-corrected chi connectivity index (χ4v) is 3.24. The predicted molar refractivity (Wildman–Crippen MR) is 106 cm³/mol. The van der Waals surface area contributed by atoms with Crippen LogP contribution in [0.15, 0.2) is 48.5 Å². The Labute approximate surface area is 160 Å². The minimum Gasteiger partial charge on any atom is -0.497 e. The molecular weight excluding hydrogens is 341 g/mol. The zero-order valence-electron chi connectivity index (χ0n) is 15.9. The van der Waals surface area contributed by atoms with Crippen molar-refractivity contribution in [2.24, 2.45) is 0 Å². The van der Waals surface area contributed by atoms with Crippen LogP contribution in [0.2, 0.25) is 0 Å². The molecule has 4 heteroatoms. The van der Waals surface area contributed by atoms with Crippen molar-refractivity contribution in [2.75, 3.05) is 26.9 Å². The molecule has 0 amide bonds. The quantitative estimate of drug-likeness (QED) is 0.796. The molecule has 142 valence electrons. The molecule has 0 radical (unpaired) electrons. The van der Waals surface area contributed by atoms with Gasteiger partial charge in [0.05, 0.1) is 13.7 Å². The summed E-state index contributed by atoms with van der Waals surface area (Å²) in [5.41, 5.74) is 1.40. The topological polar surface area (TPSA) is 30.5 Å². The van der Waals surface area contributed by atoms with E-state index in [0.717, 1.165) is 16.9 Å². The van der Waals surface area contributed by atoms with Crippen LogP contribution in [-0.4, -0.2) is 26.9 Å². The third kappa shape index (κ3) is 5.09. The van der Waals surface area contributed by atoms with Gasteiger partial charge in [-0.05, 0) is 42.3 Å². The molecule has 27 heavy (non-hydrogen) atoms. The Bertz CT molecular complexity index is 818. The smallest absolute Gasteiger partial charge is 0.140 e. The molecule has 0 aliphatic carbocycles. The van der Waals surface area contributed by atoms with Gasteiger partial charge in [0, 0.05) is 37.7 Å².